The van der Waals surface area contributed by atoms with Crippen LogP contribution in [0, 0.1) is 0 Å². The van der Waals surface area contributed by atoms with Crippen LogP contribution in [0.5, 0.6) is 0 Å². The molecule has 1 aliphatic rings. The van der Waals surface area contributed by atoms with Gasteiger partial charge in [0.25, 0.3) is 0 Å². The minimum atomic E-state index is -1.10. The fourth-order valence-electron chi connectivity index (χ4n) is 2.32. The Morgan fingerprint density at radius 2 is 2.30 bits per heavy atom. The summed E-state index contributed by atoms with van der Waals surface area (Å²) in [7, 11) is 0. The number of aliphatic hydroxyl groups is 1. The number of aromatic carboxylic acids is 1. The number of amides is 1. The number of carboxylic acids is 1. The molecule has 1 fully saturated rings. The van der Waals surface area contributed by atoms with Crippen molar-refractivity contribution < 1.29 is 29.0 Å². The van der Waals surface area contributed by atoms with Crippen molar-refractivity contribution in [1.29, 1.82) is 0 Å². The number of nitrogens with zero attached hydrogens (tertiary/aromatic N) is 1. The van der Waals surface area contributed by atoms with Crippen molar-refractivity contribution >= 4 is 12.1 Å². The van der Waals surface area contributed by atoms with Crippen LogP contribution in [-0.2, 0) is 11.2 Å². The molecule has 0 radical (unpaired) electrons. The SMILES string of the molecule is CC[C@H](O)/C=C/[C@H]1COC(=O)N1CCCc1ccc(C(=O)O)o1. The van der Waals surface area contributed by atoms with Crippen molar-refractivity contribution in [3.05, 3.63) is 35.8 Å². The Morgan fingerprint density at radius 3 is 2.96 bits per heavy atom. The molecule has 0 saturated carbocycles. The zero-order chi connectivity index (χ0) is 16.8. The molecule has 23 heavy (non-hydrogen) atoms. The number of cyclic esters (lactones) is 1. The van der Waals surface area contributed by atoms with E-state index in [0.29, 0.717) is 31.6 Å². The second-order valence-electron chi connectivity index (χ2n) is 5.37. The third-order valence-corrected chi connectivity index (χ3v) is 3.68. The van der Waals surface area contributed by atoms with Crippen LogP contribution in [0.15, 0.2) is 28.7 Å². The van der Waals surface area contributed by atoms with E-state index >= 15 is 0 Å². The Hall–Kier alpha value is -2.28. The monoisotopic (exact) mass is 323 g/mol. The molecule has 126 valence electrons. The molecule has 1 aromatic rings. The van der Waals surface area contributed by atoms with E-state index in [4.69, 9.17) is 14.3 Å². The van der Waals surface area contributed by atoms with E-state index in [-0.39, 0.29) is 24.5 Å². The molecule has 0 unspecified atom stereocenters. The average molecular weight is 323 g/mol. The van der Waals surface area contributed by atoms with Crippen molar-refractivity contribution in [3.8, 4) is 0 Å². The van der Waals surface area contributed by atoms with Crippen molar-refractivity contribution in [2.45, 2.75) is 38.3 Å². The highest BCUT2D eigenvalue weighted by molar-refractivity contribution is 5.84. The molecular weight excluding hydrogens is 302 g/mol. The molecule has 7 nitrogen and oxygen atoms in total. The minimum absolute atomic E-state index is 0.0880. The molecule has 2 atom stereocenters. The number of aliphatic hydroxyl groups excluding tert-OH is 1. The van der Waals surface area contributed by atoms with E-state index < -0.39 is 12.1 Å². The maximum Gasteiger partial charge on any atom is 0.410 e. The summed E-state index contributed by atoms with van der Waals surface area (Å²) in [6.45, 7) is 2.62. The van der Waals surface area contributed by atoms with Crippen LogP contribution in [0.4, 0.5) is 4.79 Å². The number of ether oxygens (including phenoxy) is 1. The lowest BCUT2D eigenvalue weighted by atomic mass is 10.2. The topological polar surface area (TPSA) is 100 Å². The summed E-state index contributed by atoms with van der Waals surface area (Å²) in [5, 5.41) is 18.3. The highest BCUT2D eigenvalue weighted by Crippen LogP contribution is 2.16. The normalized spacial score (nSPS) is 19.3. The van der Waals surface area contributed by atoms with Gasteiger partial charge in [-0.3, -0.25) is 4.90 Å². The molecule has 1 saturated heterocycles. The molecule has 0 aliphatic carbocycles. The summed E-state index contributed by atoms with van der Waals surface area (Å²) in [6.07, 6.45) is 4.33. The smallest absolute Gasteiger partial charge is 0.410 e. The van der Waals surface area contributed by atoms with Crippen LogP contribution in [0.2, 0.25) is 0 Å². The molecule has 2 heterocycles. The maximum atomic E-state index is 11.7. The van der Waals surface area contributed by atoms with Gasteiger partial charge in [0.1, 0.15) is 12.4 Å². The van der Waals surface area contributed by atoms with Crippen LogP contribution in [0.3, 0.4) is 0 Å². The zero-order valence-electron chi connectivity index (χ0n) is 13.0. The molecular formula is C16H21NO6. The Bertz CT molecular complexity index is 579. The molecule has 0 aromatic carbocycles. The van der Waals surface area contributed by atoms with Gasteiger partial charge in [0.15, 0.2) is 0 Å². The first-order valence-corrected chi connectivity index (χ1v) is 7.63. The molecule has 1 aliphatic heterocycles. The van der Waals surface area contributed by atoms with Gasteiger partial charge in [-0.25, -0.2) is 9.59 Å². The Balaban J connectivity index is 1.85. The van der Waals surface area contributed by atoms with E-state index in [1.165, 1.54) is 6.07 Å². The van der Waals surface area contributed by atoms with Gasteiger partial charge in [-0.15, -0.1) is 0 Å². The van der Waals surface area contributed by atoms with Crippen LogP contribution in [0.1, 0.15) is 36.1 Å². The lowest BCUT2D eigenvalue weighted by molar-refractivity contribution is 0.0660. The van der Waals surface area contributed by atoms with Gasteiger partial charge in [0.05, 0.1) is 12.1 Å². The zero-order valence-corrected chi connectivity index (χ0v) is 13.0. The first-order valence-electron chi connectivity index (χ1n) is 7.63. The fraction of sp³-hybridized carbons (Fsp3) is 0.500. The van der Waals surface area contributed by atoms with Crippen LogP contribution < -0.4 is 0 Å². The third kappa shape index (κ3) is 4.59. The summed E-state index contributed by atoms with van der Waals surface area (Å²) >= 11 is 0. The summed E-state index contributed by atoms with van der Waals surface area (Å²) in [5.41, 5.74) is 0. The lowest BCUT2D eigenvalue weighted by Crippen LogP contribution is -2.33. The number of carbonyl (C=O) groups excluding carboxylic acids is 1. The maximum absolute atomic E-state index is 11.7. The summed E-state index contributed by atoms with van der Waals surface area (Å²) < 4.78 is 10.2. The highest BCUT2D eigenvalue weighted by Gasteiger charge is 2.30. The van der Waals surface area contributed by atoms with Crippen molar-refractivity contribution in [1.82, 2.24) is 4.90 Å². The fourth-order valence-corrected chi connectivity index (χ4v) is 2.32. The van der Waals surface area contributed by atoms with E-state index in [9.17, 15) is 14.7 Å². The van der Waals surface area contributed by atoms with Gasteiger partial charge in [-0.2, -0.15) is 0 Å². The standard InChI is InChI=1S/C16H21NO6/c1-2-12(18)6-5-11-10-22-16(21)17(11)9-3-4-13-7-8-14(23-13)15(19)20/h5-8,11-12,18H,2-4,9-10H2,1H3,(H,19,20)/b6-5+/t11-,12-/m0/s1. The van der Waals surface area contributed by atoms with Gasteiger partial charge in [0, 0.05) is 13.0 Å². The first-order chi connectivity index (χ1) is 11.0. The number of rotatable bonds is 8. The molecule has 1 aromatic heterocycles. The number of aryl methyl sites for hydroxylation is 1. The van der Waals surface area contributed by atoms with Crippen LogP contribution in [-0.4, -0.2) is 52.5 Å². The van der Waals surface area contributed by atoms with E-state index in [1.54, 1.807) is 23.1 Å². The van der Waals surface area contributed by atoms with Gasteiger partial charge in [0.2, 0.25) is 5.76 Å². The number of carbonyl (C=O) groups is 2. The van der Waals surface area contributed by atoms with Gasteiger partial charge in [-0.05, 0) is 25.0 Å². The van der Waals surface area contributed by atoms with Gasteiger partial charge >= 0.3 is 12.1 Å². The molecule has 1 amide bonds. The van der Waals surface area contributed by atoms with Crippen LogP contribution >= 0.6 is 0 Å². The molecule has 2 rings (SSSR count). The molecule has 7 heteroatoms. The predicted molar refractivity (Wildman–Crippen MR) is 81.3 cm³/mol. The Kier molecular flexibility index (Phi) is 5.81. The number of carboxylic acid groups (broad SMARTS) is 1. The van der Waals surface area contributed by atoms with E-state index in [1.807, 2.05) is 6.92 Å². The van der Waals surface area contributed by atoms with Crippen LogP contribution in [0.25, 0.3) is 0 Å². The summed E-state index contributed by atoms with van der Waals surface area (Å²) in [6, 6.07) is 2.86. The van der Waals surface area contributed by atoms with Crippen molar-refractivity contribution in [3.63, 3.8) is 0 Å². The second-order valence-corrected chi connectivity index (χ2v) is 5.37. The first kappa shape index (κ1) is 17.1. The quantitative estimate of drug-likeness (QED) is 0.710. The summed E-state index contributed by atoms with van der Waals surface area (Å²) in [4.78, 5) is 24.1. The van der Waals surface area contributed by atoms with Crippen molar-refractivity contribution in [2.24, 2.45) is 0 Å². The number of hydrogen-bond acceptors (Lipinski definition) is 5. The Labute approximate surface area is 134 Å². The highest BCUT2D eigenvalue weighted by atomic mass is 16.6. The lowest BCUT2D eigenvalue weighted by Gasteiger charge is -2.18. The van der Waals surface area contributed by atoms with Gasteiger partial charge in [-0.1, -0.05) is 19.1 Å². The largest absolute Gasteiger partial charge is 0.475 e. The number of hydrogen-bond donors (Lipinski definition) is 2. The second kappa shape index (κ2) is 7.82. The number of furan rings is 1. The summed E-state index contributed by atoms with van der Waals surface area (Å²) in [5.74, 6) is -0.613. The predicted octanol–water partition coefficient (Wildman–Crippen LogP) is 2.06. The average Bonchev–Trinajstić information content (AvgIpc) is 3.13. The van der Waals surface area contributed by atoms with E-state index in [2.05, 4.69) is 0 Å². The Morgan fingerprint density at radius 1 is 1.52 bits per heavy atom. The molecule has 0 spiro atoms. The molecule has 0 bridgehead atoms. The van der Waals surface area contributed by atoms with Crippen molar-refractivity contribution in [2.75, 3.05) is 13.2 Å². The third-order valence-electron chi connectivity index (χ3n) is 3.68. The van der Waals surface area contributed by atoms with E-state index in [0.717, 1.165) is 0 Å². The van der Waals surface area contributed by atoms with Gasteiger partial charge < -0.3 is 19.4 Å². The minimum Gasteiger partial charge on any atom is -0.475 e. The molecule has 2 N–H and O–H groups in total.